The summed E-state index contributed by atoms with van der Waals surface area (Å²) < 4.78 is 21.5. The van der Waals surface area contributed by atoms with E-state index in [1.165, 1.54) is 12.1 Å². The van der Waals surface area contributed by atoms with Crippen LogP contribution >= 0.6 is 0 Å². The number of hydrogen-bond donors (Lipinski definition) is 6. The van der Waals surface area contributed by atoms with Crippen LogP contribution in [0.2, 0.25) is 0 Å². The smallest absolute Gasteiger partial charge is 0.343 e. The van der Waals surface area contributed by atoms with Crippen molar-refractivity contribution in [3.05, 3.63) is 41.5 Å². The molecule has 0 spiro atoms. The van der Waals surface area contributed by atoms with Gasteiger partial charge < -0.3 is 49.3 Å². The molecule has 12 heteroatoms. The number of benzene rings is 2. The minimum atomic E-state index is -1.82. The number of furan rings is 1. The fourth-order valence-corrected chi connectivity index (χ4v) is 4.04. The highest BCUT2D eigenvalue weighted by atomic mass is 16.7. The van der Waals surface area contributed by atoms with Crippen molar-refractivity contribution in [3.8, 4) is 28.6 Å². The molecule has 0 amide bonds. The maximum Gasteiger partial charge on any atom is 0.343 e. The van der Waals surface area contributed by atoms with E-state index in [9.17, 15) is 40.2 Å². The van der Waals surface area contributed by atoms with Crippen molar-refractivity contribution in [3.63, 3.8) is 0 Å². The molecular formula is C22H18O12. The third-order valence-corrected chi connectivity index (χ3v) is 5.76. The number of aliphatic hydroxyl groups is 3. The molecule has 3 aromatic rings. The molecule has 2 aromatic carbocycles. The summed E-state index contributed by atoms with van der Waals surface area (Å²) in [5.41, 5.74) is -0.678. The Labute approximate surface area is 189 Å². The summed E-state index contributed by atoms with van der Waals surface area (Å²) in [5.74, 6) is -3.67. The van der Waals surface area contributed by atoms with E-state index in [0.717, 1.165) is 18.2 Å². The van der Waals surface area contributed by atoms with Gasteiger partial charge in [-0.15, -0.1) is 0 Å². The van der Waals surface area contributed by atoms with Crippen LogP contribution in [0.25, 0.3) is 22.3 Å². The summed E-state index contributed by atoms with van der Waals surface area (Å²) in [5, 5.41) is 60.0. The van der Waals surface area contributed by atoms with E-state index in [0.29, 0.717) is 0 Å². The monoisotopic (exact) mass is 474 g/mol. The number of esters is 2. The Kier molecular flexibility index (Phi) is 5.10. The minimum absolute atomic E-state index is 0.0849. The Bertz CT molecular complexity index is 1310. The van der Waals surface area contributed by atoms with Gasteiger partial charge >= 0.3 is 11.9 Å². The van der Waals surface area contributed by atoms with Crippen LogP contribution < -0.4 is 0 Å². The zero-order valence-corrected chi connectivity index (χ0v) is 17.1. The summed E-state index contributed by atoms with van der Waals surface area (Å²) in [6, 6.07) is 5.90. The topological polar surface area (TPSA) is 196 Å². The number of ether oxygens (including phenoxy) is 3. The Hall–Kier alpha value is -3.84. The van der Waals surface area contributed by atoms with E-state index >= 15 is 0 Å². The van der Waals surface area contributed by atoms with Gasteiger partial charge in [-0.1, -0.05) is 0 Å². The van der Waals surface area contributed by atoms with Gasteiger partial charge in [0.1, 0.15) is 36.2 Å². The number of carbonyl (C=O) groups excluding carboxylic acids is 2. The van der Waals surface area contributed by atoms with Crippen molar-refractivity contribution in [2.24, 2.45) is 0 Å². The second kappa shape index (κ2) is 7.88. The van der Waals surface area contributed by atoms with E-state index in [2.05, 4.69) is 0 Å². The third-order valence-electron chi connectivity index (χ3n) is 5.76. The number of phenolic OH excluding ortho intramolecular Hbond substituents is 3. The highest BCUT2D eigenvalue weighted by molar-refractivity contribution is 6.17. The predicted molar refractivity (Wildman–Crippen MR) is 109 cm³/mol. The van der Waals surface area contributed by atoms with Gasteiger partial charge in [0.05, 0.1) is 10.9 Å². The number of cyclic esters (lactones) is 1. The standard InChI is InChI=1S/C22H18O12/c23-9-3-1-7(5-11(9)25)17-14-13-8(2-4-10(24)18(13)33-17)20(28)31-6-12-19(34-21(14)29)15(26)16(27)22(30)32-12/h1-5,12,15-16,19,22-27,30H,6H2/t12-,15-,16-,19-,22?/m0/s1. The molecule has 5 atom stereocenters. The van der Waals surface area contributed by atoms with Crippen LogP contribution in [0.4, 0.5) is 0 Å². The average molecular weight is 474 g/mol. The van der Waals surface area contributed by atoms with E-state index in [4.69, 9.17) is 18.6 Å². The molecule has 3 heterocycles. The number of phenols is 3. The average Bonchev–Trinajstić information content (AvgIpc) is 3.21. The van der Waals surface area contributed by atoms with Crippen molar-refractivity contribution in [2.75, 3.05) is 6.61 Å². The highest BCUT2D eigenvalue weighted by Crippen LogP contribution is 2.42. The lowest BCUT2D eigenvalue weighted by Gasteiger charge is -2.40. The zero-order chi connectivity index (χ0) is 24.3. The van der Waals surface area contributed by atoms with Crippen molar-refractivity contribution >= 4 is 22.9 Å². The van der Waals surface area contributed by atoms with Gasteiger partial charge in [-0.05, 0) is 30.3 Å². The molecule has 178 valence electrons. The first kappa shape index (κ1) is 22.0. The van der Waals surface area contributed by atoms with Crippen LogP contribution in [-0.4, -0.2) is 79.9 Å². The molecule has 1 saturated heterocycles. The van der Waals surface area contributed by atoms with Gasteiger partial charge in [0.2, 0.25) is 0 Å². The first-order valence-electron chi connectivity index (χ1n) is 10.1. The third kappa shape index (κ3) is 3.31. The lowest BCUT2D eigenvalue weighted by atomic mass is 9.97. The van der Waals surface area contributed by atoms with Crippen LogP contribution in [-0.2, 0) is 14.2 Å². The maximum atomic E-state index is 13.4. The van der Waals surface area contributed by atoms with Crippen LogP contribution in [0.1, 0.15) is 20.7 Å². The SMILES string of the molecule is O=C1OC[C@@H]2OC(O)[C@@H](O)[C@H](O)[C@H]2OC(=O)c2c(-c3ccc(O)c(O)c3)oc3c(O)ccc1c23. The Morgan fingerprint density at radius 3 is 2.32 bits per heavy atom. The second-order valence-electron chi connectivity index (χ2n) is 7.86. The molecule has 2 aliphatic heterocycles. The normalized spacial score (nSPS) is 27.1. The molecule has 1 unspecified atom stereocenters. The number of aliphatic hydroxyl groups excluding tert-OH is 3. The summed E-state index contributed by atoms with van der Waals surface area (Å²) in [7, 11) is 0. The van der Waals surface area contributed by atoms with Crippen molar-refractivity contribution < 1.29 is 58.9 Å². The summed E-state index contributed by atoms with van der Waals surface area (Å²) in [6.45, 7) is -0.536. The fourth-order valence-electron chi connectivity index (χ4n) is 4.04. The molecule has 1 aromatic heterocycles. The second-order valence-corrected chi connectivity index (χ2v) is 7.86. The summed E-state index contributed by atoms with van der Waals surface area (Å²) in [6.07, 6.45) is -8.30. The van der Waals surface area contributed by atoms with Crippen LogP contribution in [0, 0.1) is 0 Å². The van der Waals surface area contributed by atoms with Gasteiger partial charge in [-0.2, -0.15) is 0 Å². The summed E-state index contributed by atoms with van der Waals surface area (Å²) in [4.78, 5) is 26.3. The molecule has 0 aliphatic carbocycles. The quantitative estimate of drug-likeness (QED) is 0.209. The predicted octanol–water partition coefficient (Wildman–Crippen LogP) is 0.351. The van der Waals surface area contributed by atoms with Gasteiger partial charge in [0.15, 0.2) is 35.2 Å². The fraction of sp³-hybridized carbons (Fsp3) is 0.273. The molecule has 0 saturated carbocycles. The molecule has 6 N–H and O–H groups in total. The molecule has 0 bridgehead atoms. The minimum Gasteiger partial charge on any atom is -0.504 e. The Balaban J connectivity index is 1.74. The van der Waals surface area contributed by atoms with E-state index < -0.39 is 66.5 Å². The van der Waals surface area contributed by atoms with Crippen LogP contribution in [0.5, 0.6) is 17.2 Å². The molecule has 12 nitrogen and oxygen atoms in total. The van der Waals surface area contributed by atoms with Gasteiger partial charge in [0, 0.05) is 5.56 Å². The zero-order valence-electron chi connectivity index (χ0n) is 17.1. The first-order valence-corrected chi connectivity index (χ1v) is 10.1. The number of hydrogen-bond acceptors (Lipinski definition) is 12. The maximum absolute atomic E-state index is 13.4. The number of aromatic hydroxyl groups is 3. The van der Waals surface area contributed by atoms with Gasteiger partial charge in [0.25, 0.3) is 0 Å². The van der Waals surface area contributed by atoms with Crippen LogP contribution in [0.15, 0.2) is 34.7 Å². The molecule has 34 heavy (non-hydrogen) atoms. The van der Waals surface area contributed by atoms with Crippen molar-refractivity contribution in [1.82, 2.24) is 0 Å². The molecular weight excluding hydrogens is 456 g/mol. The van der Waals surface area contributed by atoms with Gasteiger partial charge in [-0.3, -0.25) is 0 Å². The Morgan fingerprint density at radius 1 is 0.853 bits per heavy atom. The van der Waals surface area contributed by atoms with Gasteiger partial charge in [-0.25, -0.2) is 9.59 Å². The van der Waals surface area contributed by atoms with Crippen molar-refractivity contribution in [1.29, 1.82) is 0 Å². The number of rotatable bonds is 1. The molecule has 2 aliphatic rings. The number of fused-ring (bicyclic) bond motifs is 1. The lowest BCUT2D eigenvalue weighted by molar-refractivity contribution is -0.285. The Morgan fingerprint density at radius 2 is 1.59 bits per heavy atom. The highest BCUT2D eigenvalue weighted by Gasteiger charge is 2.48. The molecule has 0 radical (unpaired) electrons. The summed E-state index contributed by atoms with van der Waals surface area (Å²) >= 11 is 0. The lowest BCUT2D eigenvalue weighted by Crippen LogP contribution is -2.60. The largest absolute Gasteiger partial charge is 0.504 e. The van der Waals surface area contributed by atoms with E-state index in [1.807, 2.05) is 0 Å². The molecule has 5 rings (SSSR count). The number of carbonyl (C=O) groups is 2. The van der Waals surface area contributed by atoms with E-state index in [1.54, 1.807) is 0 Å². The molecule has 1 fully saturated rings. The van der Waals surface area contributed by atoms with Crippen molar-refractivity contribution in [2.45, 2.75) is 30.7 Å². The van der Waals surface area contributed by atoms with E-state index in [-0.39, 0.29) is 33.4 Å². The van der Waals surface area contributed by atoms with Crippen LogP contribution in [0.3, 0.4) is 0 Å². The first-order chi connectivity index (χ1) is 16.2.